The van der Waals surface area contributed by atoms with Crippen molar-refractivity contribution in [2.24, 2.45) is 0 Å². The van der Waals surface area contributed by atoms with Crippen LogP contribution in [0.5, 0.6) is 5.88 Å². The van der Waals surface area contributed by atoms with Crippen LogP contribution in [0.25, 0.3) is 11.3 Å². The molecule has 1 fully saturated rings. The lowest BCUT2D eigenvalue weighted by atomic mass is 10.1. The van der Waals surface area contributed by atoms with E-state index >= 15 is 0 Å². The van der Waals surface area contributed by atoms with E-state index in [2.05, 4.69) is 42.7 Å². The predicted molar refractivity (Wildman–Crippen MR) is 156 cm³/mol. The number of amides is 1. The Morgan fingerprint density at radius 3 is 2.77 bits per heavy atom. The van der Waals surface area contributed by atoms with Gasteiger partial charge in [-0.1, -0.05) is 11.6 Å². The summed E-state index contributed by atoms with van der Waals surface area (Å²) >= 11 is 7.83. The van der Waals surface area contributed by atoms with Crippen molar-refractivity contribution in [2.45, 2.75) is 12.8 Å². The lowest BCUT2D eigenvalue weighted by molar-refractivity contribution is -0.116. The van der Waals surface area contributed by atoms with Crippen LogP contribution in [0.3, 0.4) is 0 Å². The molecule has 1 aliphatic rings. The third-order valence-corrected chi connectivity index (χ3v) is 7.19. The van der Waals surface area contributed by atoms with Crippen molar-refractivity contribution < 1.29 is 13.9 Å². The van der Waals surface area contributed by atoms with Gasteiger partial charge >= 0.3 is 0 Å². The minimum atomic E-state index is -0.459. The zero-order valence-electron chi connectivity index (χ0n) is 22.1. The number of anilines is 3. The SMILES string of the molecule is CSCCCOc1nnc(-c2cc(Cl)ccc2F)cc1Nc1ccnc(NC(=O)CCN2CCN(C)CC2)c1. The summed E-state index contributed by atoms with van der Waals surface area (Å²) in [5, 5.41) is 14.9. The van der Waals surface area contributed by atoms with Crippen LogP contribution >= 0.6 is 23.4 Å². The maximum absolute atomic E-state index is 14.5. The van der Waals surface area contributed by atoms with E-state index in [1.807, 2.05) is 6.26 Å². The zero-order valence-corrected chi connectivity index (χ0v) is 23.7. The average Bonchev–Trinajstić information content (AvgIpc) is 2.93. The molecule has 9 nitrogen and oxygen atoms in total. The van der Waals surface area contributed by atoms with Gasteiger partial charge in [0.05, 0.1) is 12.3 Å². The second-order valence-electron chi connectivity index (χ2n) is 9.27. The Hall–Kier alpha value is -2.99. The summed E-state index contributed by atoms with van der Waals surface area (Å²) in [5.41, 5.74) is 1.69. The van der Waals surface area contributed by atoms with Crippen molar-refractivity contribution in [3.63, 3.8) is 0 Å². The summed E-state index contributed by atoms with van der Waals surface area (Å²) in [5.74, 6) is 1.11. The fourth-order valence-corrected chi connectivity index (χ4v) is 4.62. The summed E-state index contributed by atoms with van der Waals surface area (Å²) in [6.07, 6.45) is 4.86. The van der Waals surface area contributed by atoms with Crippen LogP contribution in [0.2, 0.25) is 5.02 Å². The minimum absolute atomic E-state index is 0.0966. The van der Waals surface area contributed by atoms with Crippen molar-refractivity contribution in [1.29, 1.82) is 0 Å². The van der Waals surface area contributed by atoms with Crippen LogP contribution in [0.1, 0.15) is 12.8 Å². The molecule has 2 aromatic heterocycles. The molecular weight excluding hydrogens is 541 g/mol. The van der Waals surface area contributed by atoms with E-state index in [4.69, 9.17) is 16.3 Å². The molecule has 3 heterocycles. The van der Waals surface area contributed by atoms with Gasteiger partial charge in [-0.2, -0.15) is 11.8 Å². The largest absolute Gasteiger partial charge is 0.475 e. The number of nitrogens with one attached hydrogen (secondary N) is 2. The van der Waals surface area contributed by atoms with Gasteiger partial charge < -0.3 is 25.2 Å². The van der Waals surface area contributed by atoms with Gasteiger partial charge in [0.15, 0.2) is 0 Å². The average molecular weight is 574 g/mol. The van der Waals surface area contributed by atoms with E-state index in [1.165, 1.54) is 18.2 Å². The highest BCUT2D eigenvalue weighted by Crippen LogP contribution is 2.32. The number of piperazine rings is 1. The molecule has 1 aliphatic heterocycles. The van der Waals surface area contributed by atoms with Crippen LogP contribution in [-0.4, -0.2) is 89.3 Å². The van der Waals surface area contributed by atoms with Gasteiger partial charge in [-0.25, -0.2) is 9.37 Å². The monoisotopic (exact) mass is 573 g/mol. The van der Waals surface area contributed by atoms with Gasteiger partial charge in [0.2, 0.25) is 5.91 Å². The first kappa shape index (κ1) is 29.0. The summed E-state index contributed by atoms with van der Waals surface area (Å²) < 4.78 is 20.4. The van der Waals surface area contributed by atoms with E-state index in [-0.39, 0.29) is 17.4 Å². The number of thioether (sulfide) groups is 1. The molecule has 0 radical (unpaired) electrons. The van der Waals surface area contributed by atoms with Crippen LogP contribution in [0.4, 0.5) is 21.6 Å². The Balaban J connectivity index is 1.47. The fourth-order valence-electron chi connectivity index (χ4n) is 4.04. The van der Waals surface area contributed by atoms with E-state index in [9.17, 15) is 9.18 Å². The summed E-state index contributed by atoms with van der Waals surface area (Å²) in [4.78, 5) is 21.4. The first-order chi connectivity index (χ1) is 18.9. The smallest absolute Gasteiger partial charge is 0.257 e. The quantitative estimate of drug-likeness (QED) is 0.297. The Labute approximate surface area is 237 Å². The second-order valence-corrected chi connectivity index (χ2v) is 10.7. The van der Waals surface area contributed by atoms with Crippen molar-refractivity contribution in [3.05, 3.63) is 53.4 Å². The standard InChI is InChI=1S/C27H33ClFN7O2S/c1-35-10-12-36(13-11-35)9-7-26(37)32-25-17-20(6-8-30-25)31-24-18-23(21-16-19(28)4-5-22(21)29)33-34-27(24)38-14-3-15-39-2/h4-6,8,16-18H,3,7,9-15H2,1-2H3,(H2,30,31,32,33,37). The van der Waals surface area contributed by atoms with E-state index in [0.29, 0.717) is 47.5 Å². The molecule has 1 aromatic carbocycles. The number of carbonyl (C=O) groups is 1. The zero-order chi connectivity index (χ0) is 27.6. The van der Waals surface area contributed by atoms with Crippen LogP contribution in [-0.2, 0) is 4.79 Å². The molecule has 0 bridgehead atoms. The summed E-state index contributed by atoms with van der Waals surface area (Å²) in [6, 6.07) is 9.43. The number of carbonyl (C=O) groups excluding carboxylic acids is 1. The first-order valence-electron chi connectivity index (χ1n) is 12.8. The van der Waals surface area contributed by atoms with E-state index in [0.717, 1.165) is 38.4 Å². The highest BCUT2D eigenvalue weighted by Gasteiger charge is 2.16. The number of hydrogen-bond donors (Lipinski definition) is 2. The number of likely N-dealkylation sites (N-methyl/N-ethyl adjacent to an activating group) is 1. The molecule has 0 unspecified atom stereocenters. The number of aromatic nitrogens is 3. The molecule has 1 amide bonds. The number of rotatable bonds is 12. The maximum atomic E-state index is 14.5. The normalized spacial score (nSPS) is 14.3. The molecule has 12 heteroatoms. The molecule has 0 spiro atoms. The van der Waals surface area contributed by atoms with E-state index < -0.39 is 5.82 Å². The van der Waals surface area contributed by atoms with Gasteiger partial charge in [0.1, 0.15) is 17.3 Å². The molecule has 39 heavy (non-hydrogen) atoms. The van der Waals surface area contributed by atoms with Crippen molar-refractivity contribution >= 4 is 46.5 Å². The van der Waals surface area contributed by atoms with Crippen molar-refractivity contribution in [1.82, 2.24) is 25.0 Å². The molecule has 1 saturated heterocycles. The first-order valence-corrected chi connectivity index (χ1v) is 14.6. The fraction of sp³-hybridized carbons (Fsp3) is 0.407. The highest BCUT2D eigenvalue weighted by atomic mass is 35.5. The molecule has 0 aliphatic carbocycles. The van der Waals surface area contributed by atoms with Gasteiger partial charge in [0.25, 0.3) is 5.88 Å². The van der Waals surface area contributed by atoms with Gasteiger partial charge in [-0.05, 0) is 55.8 Å². The number of halogens is 2. The highest BCUT2D eigenvalue weighted by molar-refractivity contribution is 7.98. The summed E-state index contributed by atoms with van der Waals surface area (Å²) in [6.45, 7) is 5.11. The molecular formula is C27H33ClFN7O2S. The number of hydrogen-bond acceptors (Lipinski definition) is 9. The summed E-state index contributed by atoms with van der Waals surface area (Å²) in [7, 11) is 2.11. The van der Waals surface area contributed by atoms with Crippen LogP contribution < -0.4 is 15.4 Å². The lowest BCUT2D eigenvalue weighted by Gasteiger charge is -2.32. The number of benzene rings is 1. The number of nitrogens with zero attached hydrogens (tertiary/aromatic N) is 5. The van der Waals surface area contributed by atoms with Crippen molar-refractivity contribution in [2.75, 3.05) is 69.0 Å². The molecule has 208 valence electrons. The Kier molecular flexibility index (Phi) is 10.7. The van der Waals surface area contributed by atoms with Crippen LogP contribution in [0, 0.1) is 5.82 Å². The Morgan fingerprint density at radius 1 is 1.15 bits per heavy atom. The third-order valence-electron chi connectivity index (χ3n) is 6.25. The minimum Gasteiger partial charge on any atom is -0.475 e. The number of ether oxygens (including phenoxy) is 1. The topological polar surface area (TPSA) is 95.5 Å². The maximum Gasteiger partial charge on any atom is 0.257 e. The van der Waals surface area contributed by atoms with Gasteiger partial charge in [-0.15, -0.1) is 10.2 Å². The Bertz CT molecular complexity index is 1260. The molecule has 0 saturated carbocycles. The van der Waals surface area contributed by atoms with Crippen molar-refractivity contribution in [3.8, 4) is 17.1 Å². The molecule has 3 aromatic rings. The van der Waals surface area contributed by atoms with E-state index in [1.54, 1.807) is 36.2 Å². The second kappa shape index (κ2) is 14.4. The lowest BCUT2D eigenvalue weighted by Crippen LogP contribution is -2.45. The van der Waals surface area contributed by atoms with Crippen LogP contribution in [0.15, 0.2) is 42.6 Å². The molecule has 4 rings (SSSR count). The molecule has 2 N–H and O–H groups in total. The van der Waals surface area contributed by atoms with Gasteiger partial charge in [0, 0.05) is 67.7 Å². The molecule has 0 atom stereocenters. The third kappa shape index (κ3) is 8.76. The van der Waals surface area contributed by atoms with Gasteiger partial charge in [-0.3, -0.25) is 4.79 Å². The predicted octanol–water partition coefficient (Wildman–Crippen LogP) is 4.78. The number of pyridine rings is 1. The Morgan fingerprint density at radius 2 is 1.97 bits per heavy atom.